The van der Waals surface area contributed by atoms with Crippen molar-refractivity contribution in [3.05, 3.63) is 47.3 Å². The largest absolute Gasteiger partial charge is 0.547 e. The van der Waals surface area contributed by atoms with E-state index in [1.807, 2.05) is 0 Å². The molecule has 0 spiro atoms. The summed E-state index contributed by atoms with van der Waals surface area (Å²) in [5, 5.41) is 26.0. The molecule has 1 unspecified atom stereocenters. The van der Waals surface area contributed by atoms with E-state index in [1.165, 1.54) is 10.7 Å². The summed E-state index contributed by atoms with van der Waals surface area (Å²) in [6.07, 6.45) is 3.51. The number of nitrogens with zero attached hydrogens (tertiary/aromatic N) is 2. The summed E-state index contributed by atoms with van der Waals surface area (Å²) in [4.78, 5) is 23.4. The number of carbonyl (C=O) groups excluding carboxylic acids is 1. The number of nitrogens with two attached hydrogens (primary N) is 1. The zero-order chi connectivity index (χ0) is 18.0. The summed E-state index contributed by atoms with van der Waals surface area (Å²) in [5.74, 6) is -2.04. The number of aromatic nitrogens is 2. The van der Waals surface area contributed by atoms with Crippen LogP contribution in [0.5, 0.6) is 5.75 Å². The van der Waals surface area contributed by atoms with Gasteiger partial charge in [0.2, 0.25) is 5.91 Å². The summed E-state index contributed by atoms with van der Waals surface area (Å²) in [7, 11) is -1.34. The predicted molar refractivity (Wildman–Crippen MR) is 87.8 cm³/mol. The minimum absolute atomic E-state index is 0.0211. The molecule has 25 heavy (non-hydrogen) atoms. The zero-order valence-corrected chi connectivity index (χ0v) is 13.3. The van der Waals surface area contributed by atoms with Gasteiger partial charge in [0.1, 0.15) is 12.3 Å². The molecule has 0 radical (unpaired) electrons. The normalized spacial score (nSPS) is 16.1. The minimum atomic E-state index is -1.34. The molecule has 1 aromatic heterocycles. The van der Waals surface area contributed by atoms with Gasteiger partial charge in [-0.3, -0.25) is 9.48 Å². The molecular formula is C15H17BN4O5. The van der Waals surface area contributed by atoms with E-state index in [4.69, 9.17) is 10.4 Å². The third-order valence-corrected chi connectivity index (χ3v) is 3.92. The first-order valence-corrected chi connectivity index (χ1v) is 7.68. The van der Waals surface area contributed by atoms with Gasteiger partial charge in [-0.15, -0.1) is 0 Å². The molecule has 1 amide bonds. The van der Waals surface area contributed by atoms with Crippen molar-refractivity contribution in [1.29, 1.82) is 0 Å². The second-order valence-corrected chi connectivity index (χ2v) is 5.74. The van der Waals surface area contributed by atoms with Crippen molar-refractivity contribution in [3.63, 3.8) is 0 Å². The number of hydrogen-bond acceptors (Lipinski definition) is 6. The van der Waals surface area contributed by atoms with Gasteiger partial charge in [0, 0.05) is 18.3 Å². The Labute approximate surface area is 143 Å². The number of carboxylic acid groups (broad SMARTS) is 1. The number of hydrogen-bond donors (Lipinski definition) is 4. The molecule has 0 fully saturated rings. The third kappa shape index (κ3) is 3.64. The number of carboxylic acids is 1. The molecule has 1 aromatic carbocycles. The molecule has 9 nitrogen and oxygen atoms in total. The molecule has 1 atom stereocenters. The van der Waals surface area contributed by atoms with E-state index in [0.717, 1.165) is 5.56 Å². The summed E-state index contributed by atoms with van der Waals surface area (Å²) in [6, 6.07) is 4.70. The van der Waals surface area contributed by atoms with Gasteiger partial charge in [0.25, 0.3) is 0 Å². The molecule has 2 heterocycles. The van der Waals surface area contributed by atoms with Gasteiger partial charge in [-0.25, -0.2) is 4.79 Å². The average Bonchev–Trinajstić information content (AvgIpc) is 3.02. The number of para-hydroxylation sites is 1. The Kier molecular flexibility index (Phi) is 4.73. The van der Waals surface area contributed by atoms with E-state index >= 15 is 0 Å². The van der Waals surface area contributed by atoms with Crippen molar-refractivity contribution in [2.24, 2.45) is 5.73 Å². The smallest absolute Gasteiger partial charge is 0.534 e. The maximum absolute atomic E-state index is 12.1. The first kappa shape index (κ1) is 17.0. The van der Waals surface area contributed by atoms with E-state index in [0.29, 0.717) is 12.1 Å². The molecule has 1 aliphatic heterocycles. The number of rotatable bonds is 5. The molecule has 3 rings (SSSR count). The Balaban J connectivity index is 1.68. The predicted octanol–water partition coefficient (Wildman–Crippen LogP) is -0.820. The van der Waals surface area contributed by atoms with Gasteiger partial charge in [-0.1, -0.05) is 12.1 Å². The van der Waals surface area contributed by atoms with E-state index in [2.05, 4.69) is 10.4 Å². The van der Waals surface area contributed by atoms with Crippen molar-refractivity contribution < 1.29 is 24.4 Å². The number of carbonyl (C=O) groups is 2. The highest BCUT2D eigenvalue weighted by Gasteiger charge is 2.37. The van der Waals surface area contributed by atoms with Crippen molar-refractivity contribution in [3.8, 4) is 5.75 Å². The Hall–Kier alpha value is -2.85. The first-order chi connectivity index (χ1) is 12.0. The Bertz CT molecular complexity index is 809. The van der Waals surface area contributed by atoms with E-state index in [1.54, 1.807) is 24.5 Å². The van der Waals surface area contributed by atoms with Crippen LogP contribution in [0.3, 0.4) is 0 Å². The van der Waals surface area contributed by atoms with Gasteiger partial charge in [-0.05, 0) is 18.1 Å². The topological polar surface area (TPSA) is 140 Å². The van der Waals surface area contributed by atoms with Crippen LogP contribution < -0.4 is 15.7 Å². The third-order valence-electron chi connectivity index (χ3n) is 3.92. The van der Waals surface area contributed by atoms with E-state index in [9.17, 15) is 19.7 Å². The fourth-order valence-electron chi connectivity index (χ4n) is 2.71. The lowest BCUT2D eigenvalue weighted by Crippen LogP contribution is -2.53. The molecule has 1 aliphatic rings. The van der Waals surface area contributed by atoms with Crippen LogP contribution in [0.1, 0.15) is 21.5 Å². The van der Waals surface area contributed by atoms with Gasteiger partial charge < -0.3 is 25.8 Å². The highest BCUT2D eigenvalue weighted by Crippen LogP contribution is 2.30. The van der Waals surface area contributed by atoms with Crippen LogP contribution in [-0.2, 0) is 24.3 Å². The number of fused-ring (bicyclic) bond motifs is 1. The molecule has 5 N–H and O–H groups in total. The first-order valence-electron chi connectivity index (χ1n) is 7.68. The molecule has 0 aliphatic carbocycles. The van der Waals surface area contributed by atoms with Crippen LogP contribution in [0, 0.1) is 0 Å². The lowest BCUT2D eigenvalue weighted by Gasteiger charge is -2.28. The van der Waals surface area contributed by atoms with Gasteiger partial charge in [0.15, 0.2) is 0 Å². The number of amides is 1. The van der Waals surface area contributed by atoms with Crippen LogP contribution >= 0.6 is 0 Å². The Morgan fingerprint density at radius 2 is 2.28 bits per heavy atom. The van der Waals surface area contributed by atoms with Gasteiger partial charge in [-0.2, -0.15) is 5.10 Å². The van der Waals surface area contributed by atoms with E-state index in [-0.39, 0.29) is 30.2 Å². The van der Waals surface area contributed by atoms with Crippen LogP contribution in [0.15, 0.2) is 30.6 Å². The van der Waals surface area contributed by atoms with Crippen LogP contribution in [0.2, 0.25) is 0 Å². The maximum Gasteiger partial charge on any atom is 0.547 e. The fraction of sp³-hybridized carbons (Fsp3) is 0.267. The standard InChI is InChI=1S/C15H17BN4O5/c17-5-9-6-18-20(7-9)8-13(21)19-12-4-10-2-1-3-11(15(22)23)14(10)25-16(12)24/h1-3,6-7,12,24H,4-5,8,17H2,(H,19,21)(H,22,23). The second-order valence-electron chi connectivity index (χ2n) is 5.74. The second kappa shape index (κ2) is 6.95. The lowest BCUT2D eigenvalue weighted by atomic mass is 9.72. The van der Waals surface area contributed by atoms with Crippen LogP contribution in [-0.4, -0.2) is 44.8 Å². The molecule has 0 bridgehead atoms. The van der Waals surface area contributed by atoms with Crippen molar-refractivity contribution in [1.82, 2.24) is 15.1 Å². The van der Waals surface area contributed by atoms with Crippen molar-refractivity contribution in [2.45, 2.75) is 25.5 Å². The fourth-order valence-corrected chi connectivity index (χ4v) is 2.71. The zero-order valence-electron chi connectivity index (χ0n) is 13.3. The average molecular weight is 344 g/mol. The SMILES string of the molecule is NCc1cnn(CC(=O)NC2Cc3cccc(C(=O)O)c3OB2O)c1. The molecule has 0 saturated heterocycles. The summed E-state index contributed by atoms with van der Waals surface area (Å²) >= 11 is 0. The highest BCUT2D eigenvalue weighted by atomic mass is 16.5. The quantitative estimate of drug-likeness (QED) is 0.520. The molecular weight excluding hydrogens is 327 g/mol. The number of aromatic carboxylic acids is 1. The Morgan fingerprint density at radius 1 is 1.48 bits per heavy atom. The highest BCUT2D eigenvalue weighted by molar-refractivity contribution is 6.47. The van der Waals surface area contributed by atoms with Crippen molar-refractivity contribution in [2.75, 3.05) is 0 Å². The monoisotopic (exact) mass is 344 g/mol. The maximum atomic E-state index is 12.1. The number of benzene rings is 1. The summed E-state index contributed by atoms with van der Waals surface area (Å²) < 4.78 is 6.78. The summed E-state index contributed by atoms with van der Waals surface area (Å²) in [5.41, 5.74) is 6.89. The molecule has 2 aromatic rings. The Morgan fingerprint density at radius 3 is 2.96 bits per heavy atom. The lowest BCUT2D eigenvalue weighted by molar-refractivity contribution is -0.122. The van der Waals surface area contributed by atoms with Gasteiger partial charge in [0.05, 0.1) is 17.7 Å². The van der Waals surface area contributed by atoms with Crippen LogP contribution in [0.25, 0.3) is 0 Å². The molecule has 10 heteroatoms. The van der Waals surface area contributed by atoms with Crippen LogP contribution in [0.4, 0.5) is 0 Å². The molecule has 0 saturated carbocycles. The number of nitrogens with one attached hydrogen (secondary N) is 1. The molecule has 130 valence electrons. The van der Waals surface area contributed by atoms with Gasteiger partial charge >= 0.3 is 13.1 Å². The van der Waals surface area contributed by atoms with E-state index < -0.39 is 19.0 Å². The van der Waals surface area contributed by atoms with Crippen molar-refractivity contribution >= 4 is 19.0 Å². The summed E-state index contributed by atoms with van der Waals surface area (Å²) in [6.45, 7) is 0.310. The minimum Gasteiger partial charge on any atom is -0.534 e.